The Morgan fingerprint density at radius 2 is 2.00 bits per heavy atom. The molecule has 14 heavy (non-hydrogen) atoms. The fraction of sp³-hybridized carbons (Fsp3) is 0.333. The maximum absolute atomic E-state index is 5.18. The molecule has 2 nitrogen and oxygen atoms in total. The van der Waals surface area contributed by atoms with Crippen molar-refractivity contribution in [3.63, 3.8) is 0 Å². The minimum atomic E-state index is 0.0887. The van der Waals surface area contributed by atoms with Crippen LogP contribution in [0.5, 0.6) is 0 Å². The van der Waals surface area contributed by atoms with Crippen molar-refractivity contribution in [2.24, 2.45) is 5.92 Å². The maximum Gasteiger partial charge on any atom is 0.107 e. The van der Waals surface area contributed by atoms with E-state index in [0.717, 1.165) is 5.56 Å². The van der Waals surface area contributed by atoms with Crippen LogP contribution in [0.2, 0.25) is 0 Å². The van der Waals surface area contributed by atoms with E-state index in [-0.39, 0.29) is 5.92 Å². The van der Waals surface area contributed by atoms with E-state index >= 15 is 0 Å². The zero-order chi connectivity index (χ0) is 10.2. The highest BCUT2D eigenvalue weighted by atomic mass is 17.2. The normalized spacial score (nSPS) is 12.0. The van der Waals surface area contributed by atoms with Crippen LogP contribution < -0.4 is 0 Å². The van der Waals surface area contributed by atoms with Gasteiger partial charge in [0.1, 0.15) is 6.61 Å². The first-order chi connectivity index (χ1) is 6.83. The van der Waals surface area contributed by atoms with Crippen molar-refractivity contribution in [1.29, 1.82) is 0 Å². The van der Waals surface area contributed by atoms with Gasteiger partial charge in [0.15, 0.2) is 0 Å². The Balaban J connectivity index is 2.14. The molecule has 0 saturated heterocycles. The second-order valence-electron chi connectivity index (χ2n) is 3.10. The van der Waals surface area contributed by atoms with Crippen molar-refractivity contribution in [2.45, 2.75) is 13.5 Å². The molecule has 0 aliphatic carbocycles. The monoisotopic (exact) mass is 190 g/mol. The molecule has 0 aliphatic rings. The van der Waals surface area contributed by atoms with Crippen LogP contribution in [0.1, 0.15) is 12.5 Å². The van der Waals surface area contributed by atoms with Crippen molar-refractivity contribution < 1.29 is 9.78 Å². The summed E-state index contributed by atoms with van der Waals surface area (Å²) in [6.45, 7) is 2.80. The van der Waals surface area contributed by atoms with Gasteiger partial charge in [-0.25, -0.2) is 9.78 Å². The number of terminal acetylenes is 1. The molecule has 0 spiro atoms. The van der Waals surface area contributed by atoms with Crippen LogP contribution in [0.4, 0.5) is 0 Å². The highest BCUT2D eigenvalue weighted by Gasteiger charge is 1.97. The fourth-order valence-electron chi connectivity index (χ4n) is 0.882. The zero-order valence-corrected chi connectivity index (χ0v) is 8.27. The van der Waals surface area contributed by atoms with Gasteiger partial charge in [0.25, 0.3) is 0 Å². The molecule has 1 rings (SSSR count). The standard InChI is InChI=1S/C12H14O2/c1-3-11(2)9-13-14-10-12-7-5-4-6-8-12/h1,4-8,11H,9-10H2,2H3/t11-/m0/s1. The molecule has 0 aromatic heterocycles. The van der Waals surface area contributed by atoms with E-state index in [9.17, 15) is 0 Å². The van der Waals surface area contributed by atoms with Crippen molar-refractivity contribution in [1.82, 2.24) is 0 Å². The lowest BCUT2D eigenvalue weighted by atomic mass is 10.2. The SMILES string of the molecule is C#C[C@H](C)COOCc1ccccc1. The molecule has 0 bridgehead atoms. The summed E-state index contributed by atoms with van der Waals surface area (Å²) in [5.74, 6) is 2.65. The van der Waals surface area contributed by atoms with E-state index in [1.54, 1.807) is 0 Å². The predicted octanol–water partition coefficient (Wildman–Crippen LogP) is 2.40. The minimum Gasteiger partial charge on any atom is -0.235 e. The summed E-state index contributed by atoms with van der Waals surface area (Å²) in [7, 11) is 0. The predicted molar refractivity (Wildman–Crippen MR) is 55.2 cm³/mol. The second kappa shape index (κ2) is 6.20. The molecule has 0 fully saturated rings. The molecule has 2 heteroatoms. The van der Waals surface area contributed by atoms with Crippen molar-refractivity contribution in [2.75, 3.05) is 6.61 Å². The van der Waals surface area contributed by atoms with Crippen LogP contribution >= 0.6 is 0 Å². The van der Waals surface area contributed by atoms with Gasteiger partial charge in [0.2, 0.25) is 0 Å². The van der Waals surface area contributed by atoms with Crippen molar-refractivity contribution in [3.8, 4) is 12.3 Å². The molecular weight excluding hydrogens is 176 g/mol. The summed E-state index contributed by atoms with van der Waals surface area (Å²) >= 11 is 0. The fourth-order valence-corrected chi connectivity index (χ4v) is 0.882. The summed E-state index contributed by atoms with van der Waals surface area (Å²) in [4.78, 5) is 9.94. The average Bonchev–Trinajstić information content (AvgIpc) is 2.25. The van der Waals surface area contributed by atoms with Gasteiger partial charge in [0.05, 0.1) is 6.61 Å². The maximum atomic E-state index is 5.18. The molecule has 0 unspecified atom stereocenters. The zero-order valence-electron chi connectivity index (χ0n) is 8.27. The quantitative estimate of drug-likeness (QED) is 0.307. The van der Waals surface area contributed by atoms with Gasteiger partial charge in [-0.3, -0.25) is 0 Å². The Bertz CT molecular complexity index is 287. The second-order valence-corrected chi connectivity index (χ2v) is 3.10. The minimum absolute atomic E-state index is 0.0887. The van der Waals surface area contributed by atoms with Gasteiger partial charge in [0, 0.05) is 5.92 Å². The summed E-state index contributed by atoms with van der Waals surface area (Å²) < 4.78 is 0. The van der Waals surface area contributed by atoms with E-state index in [2.05, 4.69) is 5.92 Å². The number of benzene rings is 1. The summed E-state index contributed by atoms with van der Waals surface area (Å²) in [5, 5.41) is 0. The Morgan fingerprint density at radius 1 is 1.29 bits per heavy atom. The third-order valence-corrected chi connectivity index (χ3v) is 1.75. The number of hydrogen-bond donors (Lipinski definition) is 0. The molecule has 1 atom stereocenters. The third-order valence-electron chi connectivity index (χ3n) is 1.75. The van der Waals surface area contributed by atoms with Gasteiger partial charge in [-0.2, -0.15) is 0 Å². The first-order valence-electron chi connectivity index (χ1n) is 4.57. The van der Waals surface area contributed by atoms with Crippen molar-refractivity contribution >= 4 is 0 Å². The van der Waals surface area contributed by atoms with Gasteiger partial charge in [-0.1, -0.05) is 30.3 Å². The third kappa shape index (κ3) is 4.08. The molecule has 0 heterocycles. The Hall–Kier alpha value is -1.30. The first kappa shape index (κ1) is 10.8. The van der Waals surface area contributed by atoms with Crippen LogP contribution in [-0.2, 0) is 16.4 Å². The Kier molecular flexibility index (Phi) is 4.77. The molecule has 0 N–H and O–H groups in total. The lowest BCUT2D eigenvalue weighted by Crippen LogP contribution is -2.04. The van der Waals surface area contributed by atoms with Crippen molar-refractivity contribution in [3.05, 3.63) is 35.9 Å². The summed E-state index contributed by atoms with van der Waals surface area (Å²) in [6.07, 6.45) is 5.18. The Labute approximate surface area is 84.8 Å². The van der Waals surface area contributed by atoms with E-state index < -0.39 is 0 Å². The molecule has 0 aliphatic heterocycles. The number of hydrogen-bond acceptors (Lipinski definition) is 2. The summed E-state index contributed by atoms with van der Waals surface area (Å²) in [5.41, 5.74) is 1.08. The van der Waals surface area contributed by atoms with Crippen LogP contribution in [0.25, 0.3) is 0 Å². The van der Waals surface area contributed by atoms with E-state index in [1.165, 1.54) is 0 Å². The molecule has 0 radical (unpaired) electrons. The van der Waals surface area contributed by atoms with Gasteiger partial charge in [-0.15, -0.1) is 12.3 Å². The van der Waals surface area contributed by atoms with Crippen LogP contribution in [0.3, 0.4) is 0 Å². The molecule has 74 valence electrons. The van der Waals surface area contributed by atoms with Crippen LogP contribution in [0.15, 0.2) is 30.3 Å². The average molecular weight is 190 g/mol. The van der Waals surface area contributed by atoms with Gasteiger partial charge >= 0.3 is 0 Å². The van der Waals surface area contributed by atoms with E-state index in [4.69, 9.17) is 16.2 Å². The van der Waals surface area contributed by atoms with E-state index in [0.29, 0.717) is 13.2 Å². The van der Waals surface area contributed by atoms with Gasteiger partial charge < -0.3 is 0 Å². The molecule has 0 amide bonds. The van der Waals surface area contributed by atoms with E-state index in [1.807, 2.05) is 37.3 Å². The van der Waals surface area contributed by atoms with Crippen LogP contribution in [-0.4, -0.2) is 6.61 Å². The lowest BCUT2D eigenvalue weighted by Gasteiger charge is -2.05. The van der Waals surface area contributed by atoms with Crippen LogP contribution in [0, 0.1) is 18.3 Å². The molecule has 1 aromatic carbocycles. The first-order valence-corrected chi connectivity index (χ1v) is 4.57. The molecular formula is C12H14O2. The molecule has 1 aromatic rings. The smallest absolute Gasteiger partial charge is 0.107 e. The highest BCUT2D eigenvalue weighted by molar-refractivity contribution is 5.13. The van der Waals surface area contributed by atoms with Gasteiger partial charge in [-0.05, 0) is 12.5 Å². The topological polar surface area (TPSA) is 18.5 Å². The largest absolute Gasteiger partial charge is 0.235 e. The summed E-state index contributed by atoms with van der Waals surface area (Å²) in [6, 6.07) is 9.85. The highest BCUT2D eigenvalue weighted by Crippen LogP contribution is 2.01. The molecule has 0 saturated carbocycles. The Morgan fingerprint density at radius 3 is 2.64 bits per heavy atom. The number of rotatable bonds is 5. The lowest BCUT2D eigenvalue weighted by molar-refractivity contribution is -0.307.